The Hall–Kier alpha value is -3.70. The molecule has 0 aromatic heterocycles. The van der Waals surface area contributed by atoms with Crippen molar-refractivity contribution in [3.8, 4) is 11.5 Å². The van der Waals surface area contributed by atoms with E-state index in [9.17, 15) is 4.91 Å². The first-order chi connectivity index (χ1) is 17.5. The van der Waals surface area contributed by atoms with Crippen molar-refractivity contribution in [2.45, 2.75) is 45.8 Å². The Morgan fingerprint density at radius 1 is 1.06 bits per heavy atom. The molecule has 184 valence electrons. The van der Waals surface area contributed by atoms with E-state index >= 15 is 0 Å². The molecule has 1 aliphatic carbocycles. The van der Waals surface area contributed by atoms with Gasteiger partial charge < -0.3 is 14.2 Å². The van der Waals surface area contributed by atoms with Gasteiger partial charge in [-0.3, -0.25) is 0 Å². The van der Waals surface area contributed by atoms with Crippen LogP contribution < -0.4 is 9.47 Å². The van der Waals surface area contributed by atoms with Gasteiger partial charge in [0.25, 0.3) is 0 Å². The third-order valence-corrected chi connectivity index (χ3v) is 6.69. The maximum Gasteiger partial charge on any atom is 0.128 e. The Morgan fingerprint density at radius 2 is 1.94 bits per heavy atom. The molecule has 0 amide bonds. The van der Waals surface area contributed by atoms with Crippen LogP contribution in [-0.4, -0.2) is 18.8 Å². The third-order valence-electron chi connectivity index (χ3n) is 6.69. The molecule has 36 heavy (non-hydrogen) atoms. The molecule has 5 rings (SSSR count). The highest BCUT2D eigenvalue weighted by Gasteiger charge is 2.25. The average molecular weight is 482 g/mol. The lowest BCUT2D eigenvalue weighted by atomic mass is 9.94. The Morgan fingerprint density at radius 3 is 2.78 bits per heavy atom. The maximum atomic E-state index is 10.9. The van der Waals surface area contributed by atoms with Crippen molar-refractivity contribution in [2.75, 3.05) is 13.2 Å². The fourth-order valence-corrected chi connectivity index (χ4v) is 4.64. The predicted molar refractivity (Wildman–Crippen MR) is 145 cm³/mol. The van der Waals surface area contributed by atoms with E-state index in [1.807, 2.05) is 12.2 Å². The van der Waals surface area contributed by atoms with E-state index < -0.39 is 0 Å². The topological polar surface area (TPSA) is 57.1 Å². The van der Waals surface area contributed by atoms with Crippen molar-refractivity contribution in [1.29, 1.82) is 0 Å². The van der Waals surface area contributed by atoms with Crippen LogP contribution in [0.4, 0.5) is 0 Å². The normalized spacial score (nSPS) is 17.9. The van der Waals surface area contributed by atoms with Crippen molar-refractivity contribution >= 4 is 17.7 Å². The number of ether oxygens (including phenoxy) is 3. The van der Waals surface area contributed by atoms with Gasteiger partial charge >= 0.3 is 0 Å². The van der Waals surface area contributed by atoms with Crippen molar-refractivity contribution in [3.63, 3.8) is 0 Å². The first kappa shape index (κ1) is 24.0. The number of rotatable bonds is 6. The zero-order chi connectivity index (χ0) is 25.1. The lowest BCUT2D eigenvalue weighted by Gasteiger charge is -2.29. The third kappa shape index (κ3) is 5.12. The van der Waals surface area contributed by atoms with Gasteiger partial charge in [-0.2, -0.15) is 0 Å². The van der Waals surface area contributed by atoms with Crippen LogP contribution in [0.25, 0.3) is 17.7 Å². The quantitative estimate of drug-likeness (QED) is 0.403. The standard InChI is InChI=1S/C31H31NO4/c1-4-21-9-12-26(30(16-21)35-18-22-6-5-7-25(32-33)11-8-22)24-17-23-10-13-29-27(28(23)20-34-19-24)14-15-31(2,3)36-29/h6-17H,4-5,18-20H2,1-3H3. The Kier molecular flexibility index (Phi) is 6.75. The van der Waals surface area contributed by atoms with E-state index in [0.717, 1.165) is 51.3 Å². The predicted octanol–water partition coefficient (Wildman–Crippen LogP) is 7.42. The van der Waals surface area contributed by atoms with Gasteiger partial charge in [-0.15, -0.1) is 4.91 Å². The minimum absolute atomic E-state index is 0.315. The largest absolute Gasteiger partial charge is 0.488 e. The first-order valence-corrected chi connectivity index (χ1v) is 12.4. The van der Waals surface area contributed by atoms with Crippen LogP contribution in [-0.2, 0) is 17.8 Å². The maximum absolute atomic E-state index is 10.9. The van der Waals surface area contributed by atoms with Crippen molar-refractivity contribution < 1.29 is 14.2 Å². The van der Waals surface area contributed by atoms with E-state index in [4.69, 9.17) is 14.2 Å². The fourth-order valence-electron chi connectivity index (χ4n) is 4.64. The number of aryl methyl sites for hydroxylation is 1. The van der Waals surface area contributed by atoms with E-state index in [-0.39, 0.29) is 5.60 Å². The van der Waals surface area contributed by atoms with E-state index in [0.29, 0.717) is 31.9 Å². The van der Waals surface area contributed by atoms with E-state index in [2.05, 4.69) is 80.6 Å². The van der Waals surface area contributed by atoms with Crippen LogP contribution in [0.3, 0.4) is 0 Å². The smallest absolute Gasteiger partial charge is 0.128 e. The zero-order valence-corrected chi connectivity index (χ0v) is 21.0. The summed E-state index contributed by atoms with van der Waals surface area (Å²) in [5.74, 6) is 1.72. The van der Waals surface area contributed by atoms with Gasteiger partial charge in [0.2, 0.25) is 0 Å². The number of nitrogens with zero attached hydrogens (tertiary/aromatic N) is 1. The number of hydrogen-bond acceptors (Lipinski definition) is 5. The zero-order valence-electron chi connectivity index (χ0n) is 21.0. The summed E-state index contributed by atoms with van der Waals surface area (Å²) in [5, 5.41) is 3.04. The molecule has 5 heteroatoms. The monoisotopic (exact) mass is 481 g/mol. The molecule has 2 aliphatic heterocycles. The molecule has 0 radical (unpaired) electrons. The van der Waals surface area contributed by atoms with Gasteiger partial charge in [0.05, 0.1) is 13.2 Å². The van der Waals surface area contributed by atoms with Crippen LogP contribution in [0.2, 0.25) is 0 Å². The molecule has 0 unspecified atom stereocenters. The van der Waals surface area contributed by atoms with Crippen LogP contribution in [0, 0.1) is 4.91 Å². The second-order valence-corrected chi connectivity index (χ2v) is 9.79. The van der Waals surface area contributed by atoms with Gasteiger partial charge in [-0.25, -0.2) is 0 Å². The van der Waals surface area contributed by atoms with E-state index in [1.54, 1.807) is 6.08 Å². The molecule has 0 spiro atoms. The summed E-state index contributed by atoms with van der Waals surface area (Å²) in [4.78, 5) is 10.9. The Bertz CT molecular complexity index is 1340. The van der Waals surface area contributed by atoms with Gasteiger partial charge in [0.1, 0.15) is 29.4 Å². The minimum Gasteiger partial charge on any atom is -0.488 e. The fraction of sp³-hybridized carbons (Fsp3) is 0.290. The molecule has 2 aromatic carbocycles. The molecular weight excluding hydrogens is 450 g/mol. The van der Waals surface area contributed by atoms with Crippen molar-refractivity contribution in [1.82, 2.24) is 0 Å². The second-order valence-electron chi connectivity index (χ2n) is 9.79. The van der Waals surface area contributed by atoms with Crippen LogP contribution >= 0.6 is 0 Å². The molecule has 5 nitrogen and oxygen atoms in total. The molecule has 0 saturated carbocycles. The Balaban J connectivity index is 1.46. The summed E-state index contributed by atoms with van der Waals surface area (Å²) in [6, 6.07) is 10.6. The first-order valence-electron chi connectivity index (χ1n) is 12.4. The minimum atomic E-state index is -0.315. The van der Waals surface area contributed by atoms with Gasteiger partial charge in [-0.1, -0.05) is 49.4 Å². The second kappa shape index (κ2) is 10.1. The van der Waals surface area contributed by atoms with Gasteiger partial charge in [0, 0.05) is 11.1 Å². The Labute approximate surface area is 212 Å². The lowest BCUT2D eigenvalue weighted by molar-refractivity contribution is 0.148. The number of allylic oxidation sites excluding steroid dienone is 3. The van der Waals surface area contributed by atoms with Crippen molar-refractivity contribution in [2.24, 2.45) is 5.18 Å². The van der Waals surface area contributed by atoms with Gasteiger partial charge in [0.15, 0.2) is 0 Å². The number of benzene rings is 2. The summed E-state index contributed by atoms with van der Waals surface area (Å²) in [5.41, 5.74) is 7.82. The van der Waals surface area contributed by atoms with Crippen LogP contribution in [0.1, 0.15) is 55.0 Å². The SMILES string of the molecule is CCc1ccc(C2=Cc3ccc4c(c3COC2)C=CC(C)(C)O4)c(OCC2=CCC=C(N=O)C=C2)c1. The summed E-state index contributed by atoms with van der Waals surface area (Å²) in [7, 11) is 0. The molecule has 2 heterocycles. The summed E-state index contributed by atoms with van der Waals surface area (Å²) in [6.07, 6.45) is 15.5. The highest BCUT2D eigenvalue weighted by Crippen LogP contribution is 2.39. The van der Waals surface area contributed by atoms with Gasteiger partial charge in [-0.05, 0) is 90.1 Å². The number of nitroso groups, excluding NO2 is 1. The van der Waals surface area contributed by atoms with Crippen LogP contribution in [0.5, 0.6) is 11.5 Å². The summed E-state index contributed by atoms with van der Waals surface area (Å²) < 4.78 is 18.7. The highest BCUT2D eigenvalue weighted by atomic mass is 16.5. The molecule has 0 N–H and O–H groups in total. The van der Waals surface area contributed by atoms with E-state index in [1.165, 1.54) is 5.56 Å². The van der Waals surface area contributed by atoms with Crippen molar-refractivity contribution in [3.05, 3.63) is 105 Å². The molecule has 0 saturated heterocycles. The van der Waals surface area contributed by atoms with Crippen LogP contribution in [0.15, 0.2) is 77.2 Å². The molecular formula is C31H31NO4. The average Bonchev–Trinajstić information content (AvgIpc) is 3.25. The number of fused-ring (bicyclic) bond motifs is 3. The molecule has 3 aliphatic rings. The molecule has 0 atom stereocenters. The summed E-state index contributed by atoms with van der Waals surface area (Å²) in [6.45, 7) is 7.68. The molecule has 0 fully saturated rings. The number of hydrogen-bond donors (Lipinski definition) is 0. The summed E-state index contributed by atoms with van der Waals surface area (Å²) >= 11 is 0. The molecule has 0 bridgehead atoms. The molecule has 2 aromatic rings. The lowest BCUT2D eigenvalue weighted by Crippen LogP contribution is -2.27. The highest BCUT2D eigenvalue weighted by molar-refractivity contribution is 5.87.